The summed E-state index contributed by atoms with van der Waals surface area (Å²) in [5.41, 5.74) is 4.61. The van der Waals surface area contributed by atoms with Crippen LogP contribution in [0.4, 0.5) is 0 Å². The second-order valence-electron chi connectivity index (χ2n) is 6.51. The van der Waals surface area contributed by atoms with E-state index in [2.05, 4.69) is 46.4 Å². The van der Waals surface area contributed by atoms with E-state index in [0.29, 0.717) is 11.4 Å². The van der Waals surface area contributed by atoms with E-state index in [-0.39, 0.29) is 5.56 Å². The first-order valence-corrected chi connectivity index (χ1v) is 9.60. The fourth-order valence-electron chi connectivity index (χ4n) is 2.89. The van der Waals surface area contributed by atoms with Crippen molar-refractivity contribution in [3.8, 4) is 5.69 Å². The number of hydrogen-bond donors (Lipinski definition) is 0. The first-order chi connectivity index (χ1) is 13.0. The van der Waals surface area contributed by atoms with Crippen molar-refractivity contribution in [2.75, 3.05) is 0 Å². The summed E-state index contributed by atoms with van der Waals surface area (Å²) in [4.78, 5) is 16.9. The van der Waals surface area contributed by atoms with Crippen LogP contribution in [-0.2, 0) is 5.75 Å². The molecule has 0 unspecified atom stereocenters. The number of pyridine rings is 1. The number of hydrogen-bond acceptors (Lipinski definition) is 5. The molecule has 0 aliphatic carbocycles. The number of thioether (sulfide) groups is 1. The van der Waals surface area contributed by atoms with Crippen LogP contribution in [0.3, 0.4) is 0 Å². The zero-order valence-electron chi connectivity index (χ0n) is 15.4. The summed E-state index contributed by atoms with van der Waals surface area (Å²) in [6, 6.07) is 13.6. The van der Waals surface area contributed by atoms with Crippen LogP contribution in [0.5, 0.6) is 0 Å². The molecule has 136 valence electrons. The molecule has 0 bridgehead atoms. The molecule has 0 saturated carbocycles. The topological polar surface area (TPSA) is 65.1 Å². The highest BCUT2D eigenvalue weighted by molar-refractivity contribution is 7.98. The summed E-state index contributed by atoms with van der Waals surface area (Å²) in [6.45, 7) is 5.98. The SMILES string of the molecule is Cc1ccc(-n2c(C)nnc2SCc2cc(=O)n3ccc(C)cc3n2)cc1. The van der Waals surface area contributed by atoms with Crippen LogP contribution in [0.25, 0.3) is 11.3 Å². The molecule has 0 amide bonds. The highest BCUT2D eigenvalue weighted by atomic mass is 32.2. The fourth-order valence-corrected chi connectivity index (χ4v) is 3.78. The minimum Gasteiger partial charge on any atom is -0.274 e. The van der Waals surface area contributed by atoms with Gasteiger partial charge in [0.2, 0.25) is 0 Å². The van der Waals surface area contributed by atoms with E-state index in [9.17, 15) is 4.79 Å². The Kier molecular flexibility index (Phi) is 4.53. The van der Waals surface area contributed by atoms with Gasteiger partial charge in [0.15, 0.2) is 5.16 Å². The van der Waals surface area contributed by atoms with Crippen molar-refractivity contribution >= 4 is 17.4 Å². The molecule has 0 saturated heterocycles. The van der Waals surface area contributed by atoms with Crippen LogP contribution in [0.15, 0.2) is 58.6 Å². The Balaban J connectivity index is 1.64. The standard InChI is InChI=1S/C20H19N5OS/c1-13-4-6-17(7-5-13)25-15(3)22-23-20(25)27-12-16-11-19(26)24-9-8-14(2)10-18(24)21-16/h4-11H,12H2,1-3H3. The van der Waals surface area contributed by atoms with Gasteiger partial charge in [-0.2, -0.15) is 0 Å². The van der Waals surface area contributed by atoms with E-state index >= 15 is 0 Å². The average molecular weight is 377 g/mol. The van der Waals surface area contributed by atoms with Crippen molar-refractivity contribution in [3.63, 3.8) is 0 Å². The van der Waals surface area contributed by atoms with Gasteiger partial charge >= 0.3 is 0 Å². The van der Waals surface area contributed by atoms with Crippen LogP contribution in [0, 0.1) is 20.8 Å². The predicted octanol–water partition coefficient (Wildman–Crippen LogP) is 3.49. The second kappa shape index (κ2) is 7.00. The van der Waals surface area contributed by atoms with Crippen molar-refractivity contribution < 1.29 is 0 Å². The average Bonchev–Trinajstić information content (AvgIpc) is 3.01. The van der Waals surface area contributed by atoms with E-state index < -0.39 is 0 Å². The van der Waals surface area contributed by atoms with Crippen molar-refractivity contribution in [1.29, 1.82) is 0 Å². The molecule has 4 rings (SSSR count). The Bertz CT molecular complexity index is 1180. The second-order valence-corrected chi connectivity index (χ2v) is 7.45. The Morgan fingerprint density at radius 2 is 1.74 bits per heavy atom. The highest BCUT2D eigenvalue weighted by Crippen LogP contribution is 2.24. The molecule has 3 aromatic heterocycles. The molecule has 3 heterocycles. The third-order valence-corrected chi connectivity index (χ3v) is 5.27. The number of fused-ring (bicyclic) bond motifs is 1. The smallest absolute Gasteiger partial charge is 0.258 e. The van der Waals surface area contributed by atoms with Crippen LogP contribution < -0.4 is 5.56 Å². The summed E-state index contributed by atoms with van der Waals surface area (Å²) < 4.78 is 3.57. The highest BCUT2D eigenvalue weighted by Gasteiger charge is 2.12. The summed E-state index contributed by atoms with van der Waals surface area (Å²) in [5.74, 6) is 1.37. The first-order valence-electron chi connectivity index (χ1n) is 8.62. The van der Waals surface area contributed by atoms with Gasteiger partial charge in [0.05, 0.1) is 5.69 Å². The number of rotatable bonds is 4. The zero-order valence-corrected chi connectivity index (χ0v) is 16.2. The molecule has 0 radical (unpaired) electrons. The first kappa shape index (κ1) is 17.5. The Morgan fingerprint density at radius 3 is 2.52 bits per heavy atom. The lowest BCUT2D eigenvalue weighted by Crippen LogP contribution is -2.15. The molecule has 1 aromatic carbocycles. The number of nitrogens with zero attached hydrogens (tertiary/aromatic N) is 5. The number of benzene rings is 1. The molecule has 4 aromatic rings. The predicted molar refractivity (Wildman–Crippen MR) is 107 cm³/mol. The zero-order chi connectivity index (χ0) is 19.0. The molecule has 0 fully saturated rings. The minimum atomic E-state index is -0.0771. The molecular formula is C20H19N5OS. The van der Waals surface area contributed by atoms with Gasteiger partial charge < -0.3 is 0 Å². The normalized spacial score (nSPS) is 11.2. The number of aromatic nitrogens is 5. The maximum absolute atomic E-state index is 12.3. The Morgan fingerprint density at radius 1 is 0.963 bits per heavy atom. The molecule has 0 N–H and O–H groups in total. The maximum Gasteiger partial charge on any atom is 0.258 e. The molecule has 0 atom stereocenters. The Labute approximate surface area is 160 Å². The summed E-state index contributed by atoms with van der Waals surface area (Å²) in [7, 11) is 0. The van der Waals surface area contributed by atoms with Gasteiger partial charge in [-0.25, -0.2) is 4.98 Å². The van der Waals surface area contributed by atoms with Crippen molar-refractivity contribution in [1.82, 2.24) is 24.1 Å². The molecule has 0 aliphatic heterocycles. The summed E-state index contributed by atoms with van der Waals surface area (Å²) >= 11 is 1.52. The number of aryl methyl sites for hydroxylation is 3. The lowest BCUT2D eigenvalue weighted by Gasteiger charge is -2.09. The van der Waals surface area contributed by atoms with E-state index in [4.69, 9.17) is 0 Å². The van der Waals surface area contributed by atoms with E-state index in [0.717, 1.165) is 27.9 Å². The van der Waals surface area contributed by atoms with Gasteiger partial charge in [-0.05, 0) is 50.6 Å². The van der Waals surface area contributed by atoms with Crippen LogP contribution in [-0.4, -0.2) is 24.1 Å². The lowest BCUT2D eigenvalue weighted by atomic mass is 10.2. The van der Waals surface area contributed by atoms with Crippen molar-refractivity contribution in [2.24, 2.45) is 0 Å². The third-order valence-electron chi connectivity index (χ3n) is 4.31. The minimum absolute atomic E-state index is 0.0771. The summed E-state index contributed by atoms with van der Waals surface area (Å²) in [6.07, 6.45) is 1.76. The van der Waals surface area contributed by atoms with Crippen LogP contribution in [0.2, 0.25) is 0 Å². The quantitative estimate of drug-likeness (QED) is 0.509. The van der Waals surface area contributed by atoms with Crippen LogP contribution in [0.1, 0.15) is 22.6 Å². The van der Waals surface area contributed by atoms with Crippen molar-refractivity contribution in [2.45, 2.75) is 31.7 Å². The third kappa shape index (κ3) is 3.50. The van der Waals surface area contributed by atoms with E-state index in [1.807, 2.05) is 30.5 Å². The van der Waals surface area contributed by atoms with Gasteiger partial charge in [0.25, 0.3) is 5.56 Å². The molecule has 6 nitrogen and oxygen atoms in total. The van der Waals surface area contributed by atoms with E-state index in [1.54, 1.807) is 16.7 Å². The molecular weight excluding hydrogens is 358 g/mol. The molecule has 0 aliphatic rings. The molecule has 0 spiro atoms. The maximum atomic E-state index is 12.3. The van der Waals surface area contributed by atoms with Gasteiger partial charge in [-0.1, -0.05) is 29.5 Å². The Hall–Kier alpha value is -2.93. The van der Waals surface area contributed by atoms with Crippen LogP contribution >= 0.6 is 11.8 Å². The van der Waals surface area contributed by atoms with Gasteiger partial charge in [0.1, 0.15) is 11.5 Å². The molecule has 27 heavy (non-hydrogen) atoms. The van der Waals surface area contributed by atoms with Gasteiger partial charge in [0, 0.05) is 23.7 Å². The van der Waals surface area contributed by atoms with Gasteiger partial charge in [-0.15, -0.1) is 10.2 Å². The van der Waals surface area contributed by atoms with E-state index in [1.165, 1.54) is 17.3 Å². The lowest BCUT2D eigenvalue weighted by molar-refractivity contribution is 0.866. The van der Waals surface area contributed by atoms with Gasteiger partial charge in [-0.3, -0.25) is 13.8 Å². The van der Waals surface area contributed by atoms with Crippen molar-refractivity contribution in [3.05, 3.63) is 81.7 Å². The summed E-state index contributed by atoms with van der Waals surface area (Å²) in [5, 5.41) is 9.29. The molecule has 7 heteroatoms. The fraction of sp³-hybridized carbons (Fsp3) is 0.200. The largest absolute Gasteiger partial charge is 0.274 e. The monoisotopic (exact) mass is 377 g/mol.